The first-order chi connectivity index (χ1) is 9.61. The number of amides is 1. The van der Waals surface area contributed by atoms with E-state index in [2.05, 4.69) is 0 Å². The van der Waals surface area contributed by atoms with Gasteiger partial charge in [-0.2, -0.15) is 0 Å². The van der Waals surface area contributed by atoms with E-state index in [9.17, 15) is 4.79 Å². The van der Waals surface area contributed by atoms with E-state index in [1.165, 1.54) is 0 Å². The Morgan fingerprint density at radius 1 is 1.55 bits per heavy atom. The van der Waals surface area contributed by atoms with Crippen LogP contribution in [-0.4, -0.2) is 36.0 Å². The van der Waals surface area contributed by atoms with Gasteiger partial charge < -0.3 is 15.4 Å². The zero-order chi connectivity index (χ0) is 14.5. The summed E-state index contributed by atoms with van der Waals surface area (Å²) in [5.74, 6) is 0.688. The molecule has 1 saturated heterocycles. The molecule has 2 N–H and O–H groups in total. The second kappa shape index (κ2) is 6.95. The molecule has 2 atom stereocenters. The molecule has 0 bridgehead atoms. The molecule has 0 radical (unpaired) electrons. The number of nitrogens with zero attached hydrogens (tertiary/aromatic N) is 1. The summed E-state index contributed by atoms with van der Waals surface area (Å²) < 4.78 is 5.91. The van der Waals surface area contributed by atoms with Gasteiger partial charge in [-0.3, -0.25) is 4.79 Å². The molecule has 1 aromatic carbocycles. The molecule has 5 heteroatoms. The number of hydrogen-bond acceptors (Lipinski definition) is 3. The monoisotopic (exact) mass is 296 g/mol. The maximum atomic E-state index is 12.1. The third-order valence-corrected chi connectivity index (χ3v) is 3.89. The van der Waals surface area contributed by atoms with Crippen molar-refractivity contribution in [3.8, 4) is 5.75 Å². The highest BCUT2D eigenvalue weighted by Crippen LogP contribution is 2.26. The van der Waals surface area contributed by atoms with E-state index < -0.39 is 6.04 Å². The Bertz CT molecular complexity index is 467. The lowest BCUT2D eigenvalue weighted by atomic mass is 10.1. The molecular formula is C15H21ClN2O2. The van der Waals surface area contributed by atoms with Crippen LogP contribution < -0.4 is 10.5 Å². The van der Waals surface area contributed by atoms with Gasteiger partial charge in [-0.05, 0) is 31.4 Å². The Morgan fingerprint density at radius 3 is 3.00 bits per heavy atom. The topological polar surface area (TPSA) is 55.6 Å². The SMILES string of the molecule is CC[C@@H](N)C(=O)N1CCC[C@H](Oc2ccccc2Cl)C1. The van der Waals surface area contributed by atoms with Crippen LogP contribution in [0.3, 0.4) is 0 Å². The Hall–Kier alpha value is -1.26. The average molecular weight is 297 g/mol. The van der Waals surface area contributed by atoms with Crippen molar-refractivity contribution in [3.63, 3.8) is 0 Å². The van der Waals surface area contributed by atoms with E-state index in [0.29, 0.717) is 23.7 Å². The fourth-order valence-electron chi connectivity index (χ4n) is 2.36. The van der Waals surface area contributed by atoms with Gasteiger partial charge in [0.1, 0.15) is 11.9 Å². The summed E-state index contributed by atoms with van der Waals surface area (Å²) in [6.07, 6.45) is 2.50. The first-order valence-corrected chi connectivity index (χ1v) is 7.45. The first-order valence-electron chi connectivity index (χ1n) is 7.07. The average Bonchev–Trinajstić information content (AvgIpc) is 2.48. The minimum absolute atomic E-state index is 0.0139. The Kier molecular flexibility index (Phi) is 5.26. The van der Waals surface area contributed by atoms with Gasteiger partial charge in [0.2, 0.25) is 5.91 Å². The van der Waals surface area contributed by atoms with E-state index in [0.717, 1.165) is 19.4 Å². The summed E-state index contributed by atoms with van der Waals surface area (Å²) >= 11 is 6.09. The van der Waals surface area contributed by atoms with Crippen molar-refractivity contribution in [2.24, 2.45) is 5.73 Å². The Balaban J connectivity index is 1.97. The number of ether oxygens (including phenoxy) is 1. The number of likely N-dealkylation sites (tertiary alicyclic amines) is 1. The van der Waals surface area contributed by atoms with Crippen molar-refractivity contribution in [2.45, 2.75) is 38.3 Å². The summed E-state index contributed by atoms with van der Waals surface area (Å²) in [5.41, 5.74) is 5.82. The van der Waals surface area contributed by atoms with E-state index in [4.69, 9.17) is 22.1 Å². The largest absolute Gasteiger partial charge is 0.487 e. The number of piperidine rings is 1. The van der Waals surface area contributed by atoms with Crippen LogP contribution in [0.2, 0.25) is 5.02 Å². The second-order valence-electron chi connectivity index (χ2n) is 5.11. The number of carbonyl (C=O) groups excluding carboxylic acids is 1. The van der Waals surface area contributed by atoms with Gasteiger partial charge in [0.05, 0.1) is 17.6 Å². The number of carbonyl (C=O) groups is 1. The van der Waals surface area contributed by atoms with Crippen molar-refractivity contribution >= 4 is 17.5 Å². The summed E-state index contributed by atoms with van der Waals surface area (Å²) in [7, 11) is 0. The molecular weight excluding hydrogens is 276 g/mol. The van der Waals surface area contributed by atoms with E-state index in [1.54, 1.807) is 11.0 Å². The quantitative estimate of drug-likeness (QED) is 0.928. The first kappa shape index (κ1) is 15.1. The van der Waals surface area contributed by atoms with Gasteiger partial charge in [-0.1, -0.05) is 30.7 Å². The number of rotatable bonds is 4. The molecule has 1 aromatic rings. The minimum atomic E-state index is -0.408. The number of nitrogens with two attached hydrogens (primary N) is 1. The molecule has 0 unspecified atom stereocenters. The molecule has 1 aliphatic rings. The fraction of sp³-hybridized carbons (Fsp3) is 0.533. The van der Waals surface area contributed by atoms with E-state index in [1.807, 2.05) is 25.1 Å². The molecule has 2 rings (SSSR count). The van der Waals surface area contributed by atoms with Crippen LogP contribution in [0, 0.1) is 0 Å². The smallest absolute Gasteiger partial charge is 0.239 e. The highest BCUT2D eigenvalue weighted by molar-refractivity contribution is 6.32. The van der Waals surface area contributed by atoms with Crippen LogP contribution in [0.25, 0.3) is 0 Å². The van der Waals surface area contributed by atoms with Crippen molar-refractivity contribution in [1.82, 2.24) is 4.90 Å². The molecule has 1 heterocycles. The molecule has 1 aliphatic heterocycles. The van der Waals surface area contributed by atoms with Crippen LogP contribution in [0.15, 0.2) is 24.3 Å². The minimum Gasteiger partial charge on any atom is -0.487 e. The van der Waals surface area contributed by atoms with Gasteiger partial charge in [-0.15, -0.1) is 0 Å². The summed E-state index contributed by atoms with van der Waals surface area (Å²) in [5, 5.41) is 0.598. The highest BCUT2D eigenvalue weighted by atomic mass is 35.5. The highest BCUT2D eigenvalue weighted by Gasteiger charge is 2.27. The van der Waals surface area contributed by atoms with Gasteiger partial charge >= 0.3 is 0 Å². The van der Waals surface area contributed by atoms with Crippen LogP contribution in [0.5, 0.6) is 5.75 Å². The molecule has 110 valence electrons. The second-order valence-corrected chi connectivity index (χ2v) is 5.52. The zero-order valence-electron chi connectivity index (χ0n) is 11.7. The van der Waals surface area contributed by atoms with Gasteiger partial charge in [0.25, 0.3) is 0 Å². The maximum absolute atomic E-state index is 12.1. The van der Waals surface area contributed by atoms with E-state index >= 15 is 0 Å². The van der Waals surface area contributed by atoms with Gasteiger partial charge in [0, 0.05) is 6.54 Å². The lowest BCUT2D eigenvalue weighted by Gasteiger charge is -2.34. The molecule has 20 heavy (non-hydrogen) atoms. The number of hydrogen-bond donors (Lipinski definition) is 1. The molecule has 4 nitrogen and oxygen atoms in total. The number of para-hydroxylation sites is 1. The number of benzene rings is 1. The van der Waals surface area contributed by atoms with E-state index in [-0.39, 0.29) is 12.0 Å². The normalized spacial score (nSPS) is 20.6. The maximum Gasteiger partial charge on any atom is 0.239 e. The molecule has 0 saturated carbocycles. The van der Waals surface area contributed by atoms with Crippen molar-refractivity contribution in [2.75, 3.05) is 13.1 Å². The summed E-state index contributed by atoms with van der Waals surface area (Å²) in [4.78, 5) is 13.9. The fourth-order valence-corrected chi connectivity index (χ4v) is 2.54. The van der Waals surface area contributed by atoms with Crippen LogP contribution in [0.4, 0.5) is 0 Å². The van der Waals surface area contributed by atoms with Gasteiger partial charge in [-0.25, -0.2) is 0 Å². The lowest BCUT2D eigenvalue weighted by Crippen LogP contribution is -2.50. The molecule has 0 aromatic heterocycles. The summed E-state index contributed by atoms with van der Waals surface area (Å²) in [6.45, 7) is 3.26. The van der Waals surface area contributed by atoms with Crippen molar-refractivity contribution in [1.29, 1.82) is 0 Å². The molecule has 1 amide bonds. The Morgan fingerprint density at radius 2 is 2.30 bits per heavy atom. The summed E-state index contributed by atoms with van der Waals surface area (Å²) in [6, 6.07) is 7.00. The standard InChI is InChI=1S/C15H21ClN2O2/c1-2-13(17)15(19)18-9-5-6-11(10-18)20-14-8-4-3-7-12(14)16/h3-4,7-8,11,13H,2,5-6,9-10,17H2,1H3/t11-,13+/m0/s1. The third kappa shape index (κ3) is 3.64. The van der Waals surface area contributed by atoms with Crippen molar-refractivity contribution in [3.05, 3.63) is 29.3 Å². The van der Waals surface area contributed by atoms with Crippen LogP contribution in [-0.2, 0) is 4.79 Å². The Labute approximate surface area is 124 Å². The van der Waals surface area contributed by atoms with Crippen molar-refractivity contribution < 1.29 is 9.53 Å². The predicted octanol–water partition coefficient (Wildman–Crippen LogP) is 2.45. The predicted molar refractivity (Wildman–Crippen MR) is 79.9 cm³/mol. The lowest BCUT2D eigenvalue weighted by molar-refractivity contribution is -0.135. The third-order valence-electron chi connectivity index (χ3n) is 3.58. The molecule has 0 spiro atoms. The molecule has 0 aliphatic carbocycles. The van der Waals surface area contributed by atoms with Crippen LogP contribution in [0.1, 0.15) is 26.2 Å². The molecule has 1 fully saturated rings. The van der Waals surface area contributed by atoms with Crippen LogP contribution >= 0.6 is 11.6 Å². The zero-order valence-corrected chi connectivity index (χ0v) is 12.5. The van der Waals surface area contributed by atoms with Gasteiger partial charge in [0.15, 0.2) is 0 Å². The number of halogens is 1.